The first-order chi connectivity index (χ1) is 8.70. The normalized spacial score (nSPS) is 15.8. The second-order valence-corrected chi connectivity index (χ2v) is 4.20. The maximum atomic E-state index is 11.3. The van der Waals surface area contributed by atoms with Crippen LogP contribution in [0.1, 0.15) is 23.2 Å². The summed E-state index contributed by atoms with van der Waals surface area (Å²) in [6.45, 7) is 1.94. The molecule has 0 aromatic heterocycles. The molecule has 1 aliphatic rings. The zero-order valence-corrected chi connectivity index (χ0v) is 10.4. The van der Waals surface area contributed by atoms with Gasteiger partial charge >= 0.3 is 5.97 Å². The molecule has 1 saturated heterocycles. The molecular weight excluding hydrogens is 230 g/mol. The zero-order valence-electron chi connectivity index (χ0n) is 10.4. The number of rotatable bonds is 2. The summed E-state index contributed by atoms with van der Waals surface area (Å²) >= 11 is 0. The molecule has 1 aromatic carbocycles. The number of methoxy groups -OCH3 is 1. The van der Waals surface area contributed by atoms with Crippen LogP contribution in [0, 0.1) is 0 Å². The number of nitrogens with two attached hydrogens (primary N) is 1. The Morgan fingerprint density at radius 2 is 1.89 bits per heavy atom. The minimum Gasteiger partial charge on any atom is -0.465 e. The van der Waals surface area contributed by atoms with E-state index in [0.29, 0.717) is 11.5 Å². The summed E-state index contributed by atoms with van der Waals surface area (Å²) in [5.41, 5.74) is 7.17. The molecule has 2 rings (SSSR count). The molecule has 0 radical (unpaired) electrons. The number of hydrogen-bond donors (Lipinski definition) is 1. The maximum absolute atomic E-state index is 11.3. The van der Waals surface area contributed by atoms with Gasteiger partial charge in [-0.05, 0) is 37.1 Å². The fourth-order valence-corrected chi connectivity index (χ4v) is 1.94. The van der Waals surface area contributed by atoms with E-state index in [9.17, 15) is 4.79 Å². The Morgan fingerprint density at radius 1 is 1.28 bits per heavy atom. The van der Waals surface area contributed by atoms with Gasteiger partial charge in [0.15, 0.2) is 5.96 Å². The van der Waals surface area contributed by atoms with E-state index in [4.69, 9.17) is 5.73 Å². The standard InChI is InChI=1S/C13H17N3O2/c1-18-12(17)10-4-6-11(7-5-10)15-13(14)16-8-2-3-9-16/h4-7H,2-3,8-9H2,1H3,(H2,14,15). The summed E-state index contributed by atoms with van der Waals surface area (Å²) < 4.78 is 4.63. The van der Waals surface area contributed by atoms with Crippen LogP contribution >= 0.6 is 0 Å². The summed E-state index contributed by atoms with van der Waals surface area (Å²) in [5.74, 6) is 0.191. The highest BCUT2D eigenvalue weighted by molar-refractivity contribution is 5.90. The Hall–Kier alpha value is -2.04. The number of likely N-dealkylation sites (tertiary alicyclic amines) is 1. The molecule has 0 aliphatic carbocycles. The molecule has 5 nitrogen and oxygen atoms in total. The quantitative estimate of drug-likeness (QED) is 0.488. The predicted molar refractivity (Wildman–Crippen MR) is 69.9 cm³/mol. The van der Waals surface area contributed by atoms with Crippen LogP contribution in [0.3, 0.4) is 0 Å². The molecule has 0 unspecified atom stereocenters. The van der Waals surface area contributed by atoms with Gasteiger partial charge in [0.05, 0.1) is 18.4 Å². The molecular formula is C13H17N3O2. The monoisotopic (exact) mass is 247 g/mol. The fourth-order valence-electron chi connectivity index (χ4n) is 1.94. The van der Waals surface area contributed by atoms with E-state index in [1.54, 1.807) is 24.3 Å². The maximum Gasteiger partial charge on any atom is 0.337 e. The summed E-state index contributed by atoms with van der Waals surface area (Å²) in [6, 6.07) is 6.88. The number of carbonyl (C=O) groups excluding carboxylic acids is 1. The summed E-state index contributed by atoms with van der Waals surface area (Å²) in [6.07, 6.45) is 2.33. The molecule has 1 aliphatic heterocycles. The minimum atomic E-state index is -0.349. The van der Waals surface area contributed by atoms with E-state index in [1.807, 2.05) is 0 Å². The van der Waals surface area contributed by atoms with Gasteiger partial charge in [-0.3, -0.25) is 0 Å². The van der Waals surface area contributed by atoms with Gasteiger partial charge in [-0.2, -0.15) is 0 Å². The number of carbonyl (C=O) groups is 1. The smallest absolute Gasteiger partial charge is 0.337 e. The molecule has 1 heterocycles. The van der Waals surface area contributed by atoms with Gasteiger partial charge in [0.1, 0.15) is 0 Å². The van der Waals surface area contributed by atoms with E-state index in [1.165, 1.54) is 7.11 Å². The fraction of sp³-hybridized carbons (Fsp3) is 0.385. The third-order valence-electron chi connectivity index (χ3n) is 2.96. The van der Waals surface area contributed by atoms with E-state index in [-0.39, 0.29) is 5.97 Å². The number of benzene rings is 1. The van der Waals surface area contributed by atoms with Crippen molar-refractivity contribution < 1.29 is 9.53 Å². The lowest BCUT2D eigenvalue weighted by Gasteiger charge is -2.15. The Morgan fingerprint density at radius 3 is 2.44 bits per heavy atom. The number of aliphatic imine (C=N–C) groups is 1. The van der Waals surface area contributed by atoms with Crippen molar-refractivity contribution in [2.75, 3.05) is 20.2 Å². The van der Waals surface area contributed by atoms with Crippen LogP contribution in [0.4, 0.5) is 5.69 Å². The second kappa shape index (κ2) is 5.53. The Balaban J connectivity index is 2.09. The number of guanidine groups is 1. The van der Waals surface area contributed by atoms with E-state index in [0.717, 1.165) is 31.6 Å². The third-order valence-corrected chi connectivity index (χ3v) is 2.96. The van der Waals surface area contributed by atoms with Crippen LogP contribution in [0.2, 0.25) is 0 Å². The van der Waals surface area contributed by atoms with Crippen molar-refractivity contribution in [2.24, 2.45) is 10.7 Å². The largest absolute Gasteiger partial charge is 0.465 e. The molecule has 0 saturated carbocycles. The average molecular weight is 247 g/mol. The summed E-state index contributed by atoms with van der Waals surface area (Å²) in [5, 5.41) is 0. The highest BCUT2D eigenvalue weighted by Crippen LogP contribution is 2.15. The van der Waals surface area contributed by atoms with E-state index in [2.05, 4.69) is 14.6 Å². The van der Waals surface area contributed by atoms with Crippen LogP contribution in [0.25, 0.3) is 0 Å². The molecule has 0 bridgehead atoms. The highest BCUT2D eigenvalue weighted by atomic mass is 16.5. The molecule has 5 heteroatoms. The number of esters is 1. The number of nitrogens with zero attached hydrogens (tertiary/aromatic N) is 2. The lowest BCUT2D eigenvalue weighted by molar-refractivity contribution is 0.0601. The van der Waals surface area contributed by atoms with Crippen molar-refractivity contribution >= 4 is 17.6 Å². The molecule has 2 N–H and O–H groups in total. The number of hydrogen-bond acceptors (Lipinski definition) is 3. The van der Waals surface area contributed by atoms with Crippen molar-refractivity contribution in [3.8, 4) is 0 Å². The van der Waals surface area contributed by atoms with Gasteiger partial charge in [-0.1, -0.05) is 0 Å². The molecule has 1 aromatic rings. The van der Waals surface area contributed by atoms with Crippen molar-refractivity contribution in [1.82, 2.24) is 4.90 Å². The predicted octanol–water partition coefficient (Wildman–Crippen LogP) is 1.52. The van der Waals surface area contributed by atoms with Crippen LogP contribution < -0.4 is 5.73 Å². The number of ether oxygens (including phenoxy) is 1. The minimum absolute atomic E-state index is 0.349. The van der Waals surface area contributed by atoms with Crippen molar-refractivity contribution in [3.63, 3.8) is 0 Å². The molecule has 1 fully saturated rings. The Bertz CT molecular complexity index is 448. The molecule has 0 spiro atoms. The highest BCUT2D eigenvalue weighted by Gasteiger charge is 2.13. The van der Waals surface area contributed by atoms with Gasteiger partial charge in [0, 0.05) is 13.1 Å². The van der Waals surface area contributed by atoms with Crippen LogP contribution in [0.15, 0.2) is 29.3 Å². The van der Waals surface area contributed by atoms with Crippen LogP contribution in [0.5, 0.6) is 0 Å². The average Bonchev–Trinajstić information content (AvgIpc) is 2.92. The Labute approximate surface area is 106 Å². The summed E-state index contributed by atoms with van der Waals surface area (Å²) in [7, 11) is 1.36. The first-order valence-corrected chi connectivity index (χ1v) is 5.98. The molecule has 18 heavy (non-hydrogen) atoms. The topological polar surface area (TPSA) is 67.9 Å². The van der Waals surface area contributed by atoms with Crippen molar-refractivity contribution in [1.29, 1.82) is 0 Å². The van der Waals surface area contributed by atoms with Gasteiger partial charge in [0.2, 0.25) is 0 Å². The van der Waals surface area contributed by atoms with Gasteiger partial charge < -0.3 is 15.4 Å². The second-order valence-electron chi connectivity index (χ2n) is 4.20. The summed E-state index contributed by atoms with van der Waals surface area (Å²) in [4.78, 5) is 17.7. The molecule has 0 amide bonds. The van der Waals surface area contributed by atoms with E-state index < -0.39 is 0 Å². The van der Waals surface area contributed by atoms with Crippen molar-refractivity contribution in [3.05, 3.63) is 29.8 Å². The van der Waals surface area contributed by atoms with Gasteiger partial charge in [-0.15, -0.1) is 0 Å². The lowest BCUT2D eigenvalue weighted by Crippen LogP contribution is -2.34. The first kappa shape index (κ1) is 12.4. The van der Waals surface area contributed by atoms with Gasteiger partial charge in [0.25, 0.3) is 0 Å². The van der Waals surface area contributed by atoms with Crippen LogP contribution in [-0.4, -0.2) is 37.0 Å². The third kappa shape index (κ3) is 2.80. The SMILES string of the molecule is COC(=O)c1ccc(N=C(N)N2CCCC2)cc1. The first-order valence-electron chi connectivity index (χ1n) is 5.98. The molecule has 0 atom stereocenters. The van der Waals surface area contributed by atoms with Crippen molar-refractivity contribution in [2.45, 2.75) is 12.8 Å². The van der Waals surface area contributed by atoms with Gasteiger partial charge in [-0.25, -0.2) is 9.79 Å². The van der Waals surface area contributed by atoms with Crippen LogP contribution in [-0.2, 0) is 4.74 Å². The van der Waals surface area contributed by atoms with E-state index >= 15 is 0 Å². The lowest BCUT2D eigenvalue weighted by atomic mass is 10.2. The zero-order chi connectivity index (χ0) is 13.0. The molecule has 96 valence electrons. The Kier molecular flexibility index (Phi) is 3.82.